The summed E-state index contributed by atoms with van der Waals surface area (Å²) in [5.74, 6) is 0.981. The van der Waals surface area contributed by atoms with Crippen LogP contribution in [-0.4, -0.2) is 47.6 Å². The monoisotopic (exact) mass is 325 g/mol. The summed E-state index contributed by atoms with van der Waals surface area (Å²) in [7, 11) is 1.78. The van der Waals surface area contributed by atoms with Crippen LogP contribution in [0.15, 0.2) is 42.7 Å². The summed E-state index contributed by atoms with van der Waals surface area (Å²) in [4.78, 5) is 24.9. The van der Waals surface area contributed by atoms with Crippen molar-refractivity contribution in [2.24, 2.45) is 0 Å². The second-order valence-electron chi connectivity index (χ2n) is 6.02. The predicted molar refractivity (Wildman–Crippen MR) is 95.3 cm³/mol. The second-order valence-corrected chi connectivity index (χ2v) is 6.02. The Labute approximate surface area is 142 Å². The van der Waals surface area contributed by atoms with Gasteiger partial charge in [-0.15, -0.1) is 0 Å². The van der Waals surface area contributed by atoms with E-state index in [1.165, 1.54) is 12.8 Å². The Kier molecular flexibility index (Phi) is 5.25. The van der Waals surface area contributed by atoms with Crippen LogP contribution < -0.4 is 10.2 Å². The van der Waals surface area contributed by atoms with Gasteiger partial charge in [0.05, 0.1) is 11.9 Å². The molecular formula is C18H23N5O. The van der Waals surface area contributed by atoms with Crippen LogP contribution >= 0.6 is 0 Å². The fraction of sp³-hybridized carbons (Fsp3) is 0.389. The van der Waals surface area contributed by atoms with Gasteiger partial charge in [-0.2, -0.15) is 0 Å². The maximum atomic E-state index is 12.2. The third-order valence-electron chi connectivity index (χ3n) is 4.21. The van der Waals surface area contributed by atoms with Crippen molar-refractivity contribution in [2.45, 2.75) is 19.3 Å². The number of rotatable bonds is 5. The minimum Gasteiger partial charge on any atom is -0.357 e. The Bertz CT molecular complexity index is 653. The lowest BCUT2D eigenvalue weighted by Crippen LogP contribution is -2.33. The van der Waals surface area contributed by atoms with Gasteiger partial charge in [-0.05, 0) is 37.1 Å². The fourth-order valence-corrected chi connectivity index (χ4v) is 2.74. The van der Waals surface area contributed by atoms with Gasteiger partial charge in [-0.1, -0.05) is 6.07 Å². The largest absolute Gasteiger partial charge is 0.357 e. The molecule has 1 N–H and O–H groups in total. The molecule has 0 unspecified atom stereocenters. The molecule has 126 valence electrons. The molecule has 0 saturated carbocycles. The summed E-state index contributed by atoms with van der Waals surface area (Å²) < 4.78 is 0. The highest BCUT2D eigenvalue weighted by Crippen LogP contribution is 2.19. The van der Waals surface area contributed by atoms with Crippen molar-refractivity contribution in [3.63, 3.8) is 0 Å². The van der Waals surface area contributed by atoms with Crippen LogP contribution in [0.25, 0.3) is 0 Å². The average molecular weight is 325 g/mol. The Morgan fingerprint density at radius 1 is 1.21 bits per heavy atom. The molecule has 0 aromatic carbocycles. The smallest absolute Gasteiger partial charge is 0.321 e. The standard InChI is InChI=1S/C18H23N5O/c1-22(13-9-15-6-2-3-10-19-15)18(24)21-16-7-8-17(20-14-16)23-11-4-5-12-23/h2-3,6-8,10,14H,4-5,9,11-13H2,1H3,(H,21,24). The molecule has 0 spiro atoms. The molecule has 1 saturated heterocycles. The second kappa shape index (κ2) is 7.77. The zero-order valence-electron chi connectivity index (χ0n) is 14.0. The van der Waals surface area contributed by atoms with E-state index in [0.29, 0.717) is 12.2 Å². The molecule has 24 heavy (non-hydrogen) atoms. The lowest BCUT2D eigenvalue weighted by Gasteiger charge is -2.19. The number of urea groups is 1. The molecule has 0 bridgehead atoms. The molecule has 1 fully saturated rings. The lowest BCUT2D eigenvalue weighted by atomic mass is 10.2. The van der Waals surface area contributed by atoms with Gasteiger partial charge in [0, 0.05) is 45.0 Å². The normalized spacial score (nSPS) is 13.8. The van der Waals surface area contributed by atoms with Crippen molar-refractivity contribution < 1.29 is 4.79 Å². The molecule has 1 aliphatic heterocycles. The van der Waals surface area contributed by atoms with E-state index >= 15 is 0 Å². The SMILES string of the molecule is CN(CCc1ccccn1)C(=O)Nc1ccc(N2CCCC2)nc1. The van der Waals surface area contributed by atoms with Crippen molar-refractivity contribution in [3.05, 3.63) is 48.4 Å². The predicted octanol–water partition coefficient (Wildman–Crippen LogP) is 2.78. The number of pyridine rings is 2. The Morgan fingerprint density at radius 2 is 2.04 bits per heavy atom. The van der Waals surface area contributed by atoms with Crippen molar-refractivity contribution in [1.82, 2.24) is 14.9 Å². The third kappa shape index (κ3) is 4.22. The Balaban J connectivity index is 1.50. The maximum absolute atomic E-state index is 12.2. The number of carbonyl (C=O) groups is 1. The molecule has 2 aromatic rings. The first kappa shape index (κ1) is 16.2. The van der Waals surface area contributed by atoms with Crippen molar-refractivity contribution in [3.8, 4) is 0 Å². The zero-order chi connectivity index (χ0) is 16.8. The van der Waals surface area contributed by atoms with Gasteiger partial charge >= 0.3 is 6.03 Å². The molecule has 2 amide bonds. The summed E-state index contributed by atoms with van der Waals surface area (Å²) in [6.45, 7) is 2.74. The van der Waals surface area contributed by atoms with E-state index in [2.05, 4.69) is 20.2 Å². The summed E-state index contributed by atoms with van der Waals surface area (Å²) in [5, 5.41) is 2.88. The first-order valence-corrected chi connectivity index (χ1v) is 8.35. The highest BCUT2D eigenvalue weighted by atomic mass is 16.2. The molecule has 0 radical (unpaired) electrons. The van der Waals surface area contributed by atoms with E-state index in [-0.39, 0.29) is 6.03 Å². The molecule has 6 nitrogen and oxygen atoms in total. The van der Waals surface area contributed by atoms with E-state index in [4.69, 9.17) is 0 Å². The molecule has 3 heterocycles. The molecular weight excluding hydrogens is 302 g/mol. The fourth-order valence-electron chi connectivity index (χ4n) is 2.74. The van der Waals surface area contributed by atoms with Gasteiger partial charge in [-0.25, -0.2) is 9.78 Å². The van der Waals surface area contributed by atoms with Crippen molar-refractivity contribution in [2.75, 3.05) is 36.9 Å². The minimum atomic E-state index is -0.137. The number of nitrogens with one attached hydrogen (secondary N) is 1. The number of hydrogen-bond donors (Lipinski definition) is 1. The number of amides is 2. The number of likely N-dealkylation sites (N-methyl/N-ethyl adjacent to an activating group) is 1. The van der Waals surface area contributed by atoms with Gasteiger partial charge in [0.2, 0.25) is 0 Å². The van der Waals surface area contributed by atoms with Gasteiger partial charge < -0.3 is 15.1 Å². The number of nitrogens with zero attached hydrogens (tertiary/aromatic N) is 4. The quantitative estimate of drug-likeness (QED) is 0.918. The third-order valence-corrected chi connectivity index (χ3v) is 4.21. The van der Waals surface area contributed by atoms with E-state index < -0.39 is 0 Å². The zero-order valence-corrected chi connectivity index (χ0v) is 14.0. The van der Waals surface area contributed by atoms with Gasteiger partial charge in [0.1, 0.15) is 5.82 Å². The number of aromatic nitrogens is 2. The van der Waals surface area contributed by atoms with Gasteiger partial charge in [-0.3, -0.25) is 4.98 Å². The molecule has 2 aromatic heterocycles. The Morgan fingerprint density at radius 3 is 2.71 bits per heavy atom. The van der Waals surface area contributed by atoms with Crippen LogP contribution in [0.1, 0.15) is 18.5 Å². The molecule has 0 atom stereocenters. The molecule has 1 aliphatic rings. The van der Waals surface area contributed by atoms with Crippen LogP contribution in [0.4, 0.5) is 16.3 Å². The van der Waals surface area contributed by atoms with E-state index in [9.17, 15) is 4.79 Å². The lowest BCUT2D eigenvalue weighted by molar-refractivity contribution is 0.223. The summed E-state index contributed by atoms with van der Waals surface area (Å²) >= 11 is 0. The molecule has 6 heteroatoms. The summed E-state index contributed by atoms with van der Waals surface area (Å²) in [6, 6.07) is 9.54. The van der Waals surface area contributed by atoms with Gasteiger partial charge in [0.25, 0.3) is 0 Å². The number of carbonyl (C=O) groups excluding carboxylic acids is 1. The Hall–Kier alpha value is -2.63. The number of anilines is 2. The van der Waals surface area contributed by atoms with E-state index in [1.807, 2.05) is 30.3 Å². The van der Waals surface area contributed by atoms with Crippen LogP contribution in [0.2, 0.25) is 0 Å². The van der Waals surface area contributed by atoms with Crippen molar-refractivity contribution in [1.29, 1.82) is 0 Å². The van der Waals surface area contributed by atoms with Gasteiger partial charge in [0.15, 0.2) is 0 Å². The van der Waals surface area contributed by atoms with Crippen LogP contribution in [0.3, 0.4) is 0 Å². The van der Waals surface area contributed by atoms with E-state index in [1.54, 1.807) is 24.3 Å². The molecule has 0 aliphatic carbocycles. The van der Waals surface area contributed by atoms with Crippen molar-refractivity contribution >= 4 is 17.5 Å². The summed E-state index contributed by atoms with van der Waals surface area (Å²) in [6.07, 6.45) is 6.67. The van der Waals surface area contributed by atoms with Crippen LogP contribution in [0.5, 0.6) is 0 Å². The first-order valence-electron chi connectivity index (χ1n) is 8.35. The number of hydrogen-bond acceptors (Lipinski definition) is 4. The topological polar surface area (TPSA) is 61.4 Å². The summed E-state index contributed by atoms with van der Waals surface area (Å²) in [5.41, 5.74) is 1.70. The molecule has 3 rings (SSSR count). The first-order chi connectivity index (χ1) is 11.7. The van der Waals surface area contributed by atoms with Crippen LogP contribution in [-0.2, 0) is 6.42 Å². The van der Waals surface area contributed by atoms with E-state index in [0.717, 1.165) is 31.0 Å². The minimum absolute atomic E-state index is 0.137. The highest BCUT2D eigenvalue weighted by molar-refractivity contribution is 5.89. The average Bonchev–Trinajstić information content (AvgIpc) is 3.16. The van der Waals surface area contributed by atoms with Crippen LogP contribution in [0, 0.1) is 0 Å². The highest BCUT2D eigenvalue weighted by Gasteiger charge is 2.14. The maximum Gasteiger partial charge on any atom is 0.321 e.